The number of fused-ring (bicyclic) bond motifs is 20. The van der Waals surface area contributed by atoms with Gasteiger partial charge in [-0.15, -0.1) is 0 Å². The molecule has 0 saturated carbocycles. The topological polar surface area (TPSA) is 98.1 Å². The van der Waals surface area contributed by atoms with Crippen LogP contribution >= 0.6 is 0 Å². The fraction of sp³-hybridized carbons (Fsp3) is 0.0270. The highest BCUT2D eigenvalue weighted by Crippen LogP contribution is 2.38. The fourth-order valence-corrected chi connectivity index (χ4v) is 6.57. The summed E-state index contributed by atoms with van der Waals surface area (Å²) < 4.78 is 2.15. The molecular formula is C37H22N8. The number of nitrogens with one attached hydrogen (secondary N) is 1. The Morgan fingerprint density at radius 2 is 0.889 bits per heavy atom. The lowest BCUT2D eigenvalue weighted by Gasteiger charge is -2.06. The van der Waals surface area contributed by atoms with Crippen LogP contribution in [-0.2, 0) is 0 Å². The van der Waals surface area contributed by atoms with Gasteiger partial charge in [-0.3, -0.25) is 4.57 Å². The van der Waals surface area contributed by atoms with E-state index < -0.39 is 0 Å². The molecule has 7 aromatic rings. The summed E-state index contributed by atoms with van der Waals surface area (Å²) in [6.45, 7) is 0. The summed E-state index contributed by atoms with van der Waals surface area (Å²) >= 11 is 0. The molecule has 1 N–H and O–H groups in total. The summed E-state index contributed by atoms with van der Waals surface area (Å²) in [4.78, 5) is 34.4. The molecule has 0 unspecified atom stereocenters. The van der Waals surface area contributed by atoms with Crippen molar-refractivity contribution >= 4 is 49.8 Å². The van der Waals surface area contributed by atoms with E-state index in [1.54, 1.807) is 0 Å². The Kier molecular flexibility index (Phi) is 4.90. The van der Waals surface area contributed by atoms with Crippen LogP contribution in [0.1, 0.15) is 6.42 Å². The third kappa shape index (κ3) is 3.53. The van der Waals surface area contributed by atoms with Crippen LogP contribution in [0, 0.1) is 0 Å². The van der Waals surface area contributed by atoms with Crippen LogP contribution in [0.25, 0.3) is 95.4 Å². The Labute approximate surface area is 256 Å². The van der Waals surface area contributed by atoms with E-state index in [-0.39, 0.29) is 0 Å². The standard InChI is InChI=1S/C37H22N8/c1-2-12-21(11-1)45-36-28-19-9-10-20-29(28)37(45)44-35-27-18-8-6-16-25(27)33(42-35)40-31-23-14-4-3-13-22(23)30(38-31)39-32-24-15-5-7-17-26(24)34(41-32)43-36/h1-11,13-20H,12H2,(H,38,39,40,41,42,43,44). The van der Waals surface area contributed by atoms with Crippen molar-refractivity contribution in [3.05, 3.63) is 115 Å². The van der Waals surface area contributed by atoms with Crippen molar-refractivity contribution in [2.75, 3.05) is 0 Å². The van der Waals surface area contributed by atoms with Crippen molar-refractivity contribution < 1.29 is 0 Å². The van der Waals surface area contributed by atoms with Crippen molar-refractivity contribution in [1.82, 2.24) is 39.5 Å². The molecule has 8 heteroatoms. The third-order valence-corrected chi connectivity index (χ3v) is 8.65. The van der Waals surface area contributed by atoms with E-state index in [2.05, 4.69) is 64.2 Å². The number of nitrogens with zero attached hydrogens (tertiary/aromatic N) is 7. The normalized spacial score (nSPS) is 13.3. The van der Waals surface area contributed by atoms with Gasteiger partial charge in [-0.25, -0.2) is 29.9 Å². The maximum Gasteiger partial charge on any atom is 0.164 e. The zero-order chi connectivity index (χ0) is 29.5. The highest BCUT2D eigenvalue weighted by molar-refractivity contribution is 6.08. The van der Waals surface area contributed by atoms with E-state index >= 15 is 0 Å². The van der Waals surface area contributed by atoms with Gasteiger partial charge in [0.05, 0.1) is 0 Å². The van der Waals surface area contributed by atoms with E-state index in [9.17, 15) is 0 Å². The van der Waals surface area contributed by atoms with E-state index in [1.807, 2.05) is 60.7 Å². The van der Waals surface area contributed by atoms with Crippen molar-refractivity contribution in [2.24, 2.45) is 0 Å². The quantitative estimate of drug-likeness (QED) is 0.211. The molecule has 4 aromatic carbocycles. The van der Waals surface area contributed by atoms with Crippen molar-refractivity contribution in [3.63, 3.8) is 0 Å². The minimum atomic E-state index is 0.600. The van der Waals surface area contributed by atoms with Crippen molar-refractivity contribution in [3.8, 4) is 45.6 Å². The van der Waals surface area contributed by atoms with Gasteiger partial charge in [0.2, 0.25) is 0 Å². The molecule has 0 saturated heterocycles. The summed E-state index contributed by atoms with van der Waals surface area (Å²) in [6.07, 6.45) is 7.11. The highest BCUT2D eigenvalue weighted by atomic mass is 15.1. The Morgan fingerprint density at radius 3 is 1.33 bits per heavy atom. The molecule has 210 valence electrons. The summed E-state index contributed by atoms with van der Waals surface area (Å²) in [6, 6.07) is 32.7. The largest absolute Gasteiger partial charge is 0.324 e. The Morgan fingerprint density at radius 1 is 0.467 bits per heavy atom. The lowest BCUT2D eigenvalue weighted by molar-refractivity contribution is 1.08. The SMILES string of the molecule is C1=CCC(n2c3nc4nc(nc5[nH]c(nc6nc(nc2c2ccccc23)-c2ccccc2-6)c2ccccc52)-c2ccccc2-4)=C1. The van der Waals surface area contributed by atoms with Gasteiger partial charge >= 0.3 is 0 Å². The number of hydrogen-bond donors (Lipinski definition) is 1. The molecule has 10 rings (SSSR count). The first-order valence-corrected chi connectivity index (χ1v) is 14.9. The number of aromatic nitrogens is 8. The lowest BCUT2D eigenvalue weighted by Crippen LogP contribution is -1.98. The van der Waals surface area contributed by atoms with Crippen molar-refractivity contribution in [2.45, 2.75) is 6.42 Å². The van der Waals surface area contributed by atoms with Crippen LogP contribution in [-0.4, -0.2) is 39.5 Å². The Hall–Kier alpha value is -6.28. The predicted molar refractivity (Wildman–Crippen MR) is 178 cm³/mol. The first-order valence-electron chi connectivity index (χ1n) is 14.9. The van der Waals surface area contributed by atoms with Gasteiger partial charge in [-0.2, -0.15) is 0 Å². The molecule has 45 heavy (non-hydrogen) atoms. The molecule has 0 amide bonds. The van der Waals surface area contributed by atoms with Crippen LogP contribution in [0.3, 0.4) is 0 Å². The molecule has 2 aliphatic heterocycles. The fourth-order valence-electron chi connectivity index (χ4n) is 6.57. The monoisotopic (exact) mass is 578 g/mol. The lowest BCUT2D eigenvalue weighted by atomic mass is 10.1. The second-order valence-corrected chi connectivity index (χ2v) is 11.2. The van der Waals surface area contributed by atoms with Gasteiger partial charge in [0, 0.05) is 55.9 Å². The molecule has 0 atom stereocenters. The second kappa shape index (κ2) is 9.11. The van der Waals surface area contributed by atoms with Gasteiger partial charge in [0.15, 0.2) is 23.3 Å². The molecule has 8 bridgehead atoms. The van der Waals surface area contributed by atoms with E-state index in [4.69, 9.17) is 29.9 Å². The molecule has 3 aromatic heterocycles. The highest BCUT2D eigenvalue weighted by Gasteiger charge is 2.23. The van der Waals surface area contributed by atoms with Gasteiger partial charge < -0.3 is 4.98 Å². The van der Waals surface area contributed by atoms with Gasteiger partial charge in [0.1, 0.15) is 22.6 Å². The average Bonchev–Trinajstić information content (AvgIpc) is 3.91. The van der Waals surface area contributed by atoms with Crippen LogP contribution in [0.4, 0.5) is 0 Å². The first kappa shape index (κ1) is 24.2. The Bertz CT molecular complexity index is 2480. The number of rotatable bonds is 1. The maximum absolute atomic E-state index is 5.31. The van der Waals surface area contributed by atoms with E-state index in [1.165, 1.54) is 0 Å². The Balaban J connectivity index is 1.46. The maximum atomic E-state index is 5.31. The number of H-pyrrole nitrogens is 1. The molecule has 0 radical (unpaired) electrons. The van der Waals surface area contributed by atoms with Crippen LogP contribution < -0.4 is 0 Å². The zero-order valence-electron chi connectivity index (χ0n) is 23.8. The van der Waals surface area contributed by atoms with Crippen LogP contribution in [0.15, 0.2) is 115 Å². The first-order chi connectivity index (χ1) is 22.3. The molecule has 3 aliphatic rings. The molecule has 8 nitrogen and oxygen atoms in total. The van der Waals surface area contributed by atoms with Gasteiger partial charge in [0.25, 0.3) is 0 Å². The van der Waals surface area contributed by atoms with E-state index in [0.717, 1.165) is 67.2 Å². The average molecular weight is 579 g/mol. The number of hydrogen-bond acceptors (Lipinski definition) is 6. The van der Waals surface area contributed by atoms with Crippen LogP contribution in [0.2, 0.25) is 0 Å². The minimum absolute atomic E-state index is 0.600. The summed E-state index contributed by atoms with van der Waals surface area (Å²) in [5.41, 5.74) is 7.72. The predicted octanol–water partition coefficient (Wildman–Crippen LogP) is 8.14. The van der Waals surface area contributed by atoms with Gasteiger partial charge in [-0.1, -0.05) is 109 Å². The molecular weight excluding hydrogens is 556 g/mol. The third-order valence-electron chi connectivity index (χ3n) is 8.65. The summed E-state index contributed by atoms with van der Waals surface area (Å²) in [5.74, 6) is 2.42. The molecule has 0 fully saturated rings. The number of benzene rings is 4. The van der Waals surface area contributed by atoms with E-state index in [0.29, 0.717) is 34.6 Å². The number of allylic oxidation sites excluding steroid dienone is 4. The second-order valence-electron chi connectivity index (χ2n) is 11.2. The van der Waals surface area contributed by atoms with Crippen molar-refractivity contribution in [1.29, 1.82) is 0 Å². The van der Waals surface area contributed by atoms with Crippen LogP contribution in [0.5, 0.6) is 0 Å². The summed E-state index contributed by atoms with van der Waals surface area (Å²) in [5, 5.41) is 3.88. The zero-order valence-corrected chi connectivity index (χ0v) is 23.8. The molecule has 5 heterocycles. The summed E-state index contributed by atoms with van der Waals surface area (Å²) in [7, 11) is 0. The molecule has 1 aliphatic carbocycles. The molecule has 0 spiro atoms. The number of aromatic amines is 1. The minimum Gasteiger partial charge on any atom is -0.324 e. The van der Waals surface area contributed by atoms with Gasteiger partial charge in [-0.05, 0) is 6.08 Å². The smallest absolute Gasteiger partial charge is 0.164 e.